The third kappa shape index (κ3) is 4.37. The van der Waals surface area contributed by atoms with Crippen molar-refractivity contribution in [2.45, 2.75) is 19.6 Å². The zero-order valence-corrected chi connectivity index (χ0v) is 15.0. The van der Waals surface area contributed by atoms with Gasteiger partial charge in [0, 0.05) is 18.7 Å². The predicted octanol–water partition coefficient (Wildman–Crippen LogP) is 2.97. The molecule has 28 heavy (non-hydrogen) atoms. The van der Waals surface area contributed by atoms with Crippen LogP contribution in [-0.4, -0.2) is 22.1 Å². The van der Waals surface area contributed by atoms with Crippen molar-refractivity contribution in [3.63, 3.8) is 0 Å². The fourth-order valence-electron chi connectivity index (χ4n) is 2.67. The summed E-state index contributed by atoms with van der Waals surface area (Å²) in [6, 6.07) is 10.4. The Morgan fingerprint density at radius 3 is 2.68 bits per heavy atom. The Bertz CT molecular complexity index is 1140. The first kappa shape index (κ1) is 19.6. The number of carbonyl (C=O) groups is 1. The second kappa shape index (κ2) is 8.22. The van der Waals surface area contributed by atoms with E-state index >= 15 is 0 Å². The van der Waals surface area contributed by atoms with Gasteiger partial charge in [-0.2, -0.15) is 8.78 Å². The van der Waals surface area contributed by atoms with Gasteiger partial charge in [-0.3, -0.25) is 19.1 Å². The van der Waals surface area contributed by atoms with Crippen molar-refractivity contribution >= 4 is 34.1 Å². The van der Waals surface area contributed by atoms with Crippen LogP contribution in [0.1, 0.15) is 6.42 Å². The van der Waals surface area contributed by atoms with Crippen molar-refractivity contribution in [1.82, 2.24) is 9.55 Å². The van der Waals surface area contributed by atoms with E-state index in [1.807, 2.05) is 0 Å². The molecular weight excluding hydrogens is 396 g/mol. The van der Waals surface area contributed by atoms with Crippen LogP contribution >= 0.6 is 11.6 Å². The highest BCUT2D eigenvalue weighted by Gasteiger charge is 2.12. The number of nitrogens with zero attached hydrogens (tertiary/aromatic N) is 1. The van der Waals surface area contributed by atoms with Crippen LogP contribution in [0.4, 0.5) is 14.5 Å². The van der Waals surface area contributed by atoms with Crippen molar-refractivity contribution in [3.8, 4) is 5.75 Å². The lowest BCUT2D eigenvalue weighted by Crippen LogP contribution is -2.31. The molecule has 1 amide bonds. The van der Waals surface area contributed by atoms with E-state index in [0.717, 1.165) is 0 Å². The Labute approximate surface area is 161 Å². The third-order valence-electron chi connectivity index (χ3n) is 3.90. The second-order valence-electron chi connectivity index (χ2n) is 5.75. The Hall–Kier alpha value is -3.20. The number of rotatable bonds is 6. The van der Waals surface area contributed by atoms with Crippen molar-refractivity contribution in [2.75, 3.05) is 5.32 Å². The molecule has 0 unspecified atom stereocenters. The lowest BCUT2D eigenvalue weighted by molar-refractivity contribution is -0.116. The summed E-state index contributed by atoms with van der Waals surface area (Å²) >= 11 is 5.84. The minimum Gasteiger partial charge on any atom is -0.433 e. The molecule has 0 aliphatic carbocycles. The first-order valence-corrected chi connectivity index (χ1v) is 8.49. The SMILES string of the molecule is O=C(CCn1c(=O)[nH]c(=O)c2ccccc21)Nc1ccc(OC(F)F)c(Cl)c1. The number of fused-ring (bicyclic) bond motifs is 1. The maximum atomic E-state index is 12.2. The minimum atomic E-state index is -3.01. The zero-order chi connectivity index (χ0) is 20.3. The maximum absolute atomic E-state index is 12.2. The number of halogens is 3. The summed E-state index contributed by atoms with van der Waals surface area (Å²) in [4.78, 5) is 38.3. The highest BCUT2D eigenvalue weighted by molar-refractivity contribution is 6.32. The van der Waals surface area contributed by atoms with Gasteiger partial charge in [0.2, 0.25) is 5.91 Å². The topological polar surface area (TPSA) is 93.2 Å². The Kier molecular flexibility index (Phi) is 5.74. The first-order valence-electron chi connectivity index (χ1n) is 8.11. The number of aromatic amines is 1. The third-order valence-corrected chi connectivity index (χ3v) is 4.19. The summed E-state index contributed by atoms with van der Waals surface area (Å²) in [6.45, 7) is -2.98. The fourth-order valence-corrected chi connectivity index (χ4v) is 2.90. The van der Waals surface area contributed by atoms with Gasteiger partial charge in [0.25, 0.3) is 5.56 Å². The molecular formula is C18H14ClF2N3O4. The van der Waals surface area contributed by atoms with Crippen LogP contribution in [0.25, 0.3) is 10.9 Å². The number of aryl methyl sites for hydroxylation is 1. The number of amides is 1. The highest BCUT2D eigenvalue weighted by atomic mass is 35.5. The molecule has 1 aromatic heterocycles. The fraction of sp³-hybridized carbons (Fsp3) is 0.167. The zero-order valence-electron chi connectivity index (χ0n) is 14.2. The molecule has 0 aliphatic heterocycles. The van der Waals surface area contributed by atoms with Crippen molar-refractivity contribution in [1.29, 1.82) is 0 Å². The number of nitrogens with one attached hydrogen (secondary N) is 2. The largest absolute Gasteiger partial charge is 0.433 e. The van der Waals surface area contributed by atoms with E-state index < -0.39 is 23.8 Å². The van der Waals surface area contributed by atoms with E-state index in [-0.39, 0.29) is 29.4 Å². The van der Waals surface area contributed by atoms with Crippen LogP contribution in [-0.2, 0) is 11.3 Å². The van der Waals surface area contributed by atoms with Crippen LogP contribution < -0.4 is 21.3 Å². The van der Waals surface area contributed by atoms with Gasteiger partial charge in [-0.05, 0) is 30.3 Å². The van der Waals surface area contributed by atoms with Crippen molar-refractivity contribution in [3.05, 3.63) is 68.3 Å². The number of para-hydroxylation sites is 1. The molecule has 10 heteroatoms. The predicted molar refractivity (Wildman–Crippen MR) is 100 cm³/mol. The van der Waals surface area contributed by atoms with E-state index in [9.17, 15) is 23.2 Å². The molecule has 0 aliphatic rings. The van der Waals surface area contributed by atoms with E-state index in [2.05, 4.69) is 15.0 Å². The van der Waals surface area contributed by atoms with Crippen LogP contribution in [0.2, 0.25) is 5.02 Å². The number of hydrogen-bond donors (Lipinski definition) is 2. The lowest BCUT2D eigenvalue weighted by Gasteiger charge is -2.11. The maximum Gasteiger partial charge on any atom is 0.387 e. The van der Waals surface area contributed by atoms with Crippen molar-refractivity contribution in [2.24, 2.45) is 0 Å². The van der Waals surface area contributed by atoms with Crippen LogP contribution in [0.3, 0.4) is 0 Å². The summed E-state index contributed by atoms with van der Waals surface area (Å²) in [6.07, 6.45) is -0.0666. The molecule has 7 nitrogen and oxygen atoms in total. The average Bonchev–Trinajstić information content (AvgIpc) is 2.63. The number of anilines is 1. The number of benzene rings is 2. The summed E-state index contributed by atoms with van der Waals surface area (Å²) in [5.74, 6) is -0.637. The monoisotopic (exact) mass is 409 g/mol. The van der Waals surface area contributed by atoms with Crippen LogP contribution in [0, 0.1) is 0 Å². The summed E-state index contributed by atoms with van der Waals surface area (Å²) in [5, 5.41) is 2.81. The molecule has 0 fully saturated rings. The lowest BCUT2D eigenvalue weighted by atomic mass is 10.2. The van der Waals surface area contributed by atoms with Gasteiger partial charge in [-0.15, -0.1) is 0 Å². The molecule has 0 saturated heterocycles. The number of hydrogen-bond acceptors (Lipinski definition) is 4. The average molecular weight is 410 g/mol. The van der Waals surface area contributed by atoms with Gasteiger partial charge in [0.1, 0.15) is 5.75 Å². The van der Waals surface area contributed by atoms with E-state index in [1.165, 1.54) is 22.8 Å². The summed E-state index contributed by atoms with van der Waals surface area (Å²) in [5.41, 5.74) is -0.411. The van der Waals surface area contributed by atoms with E-state index in [0.29, 0.717) is 10.9 Å². The van der Waals surface area contributed by atoms with Crippen molar-refractivity contribution < 1.29 is 18.3 Å². The number of ether oxygens (including phenoxy) is 1. The van der Waals surface area contributed by atoms with Crippen LogP contribution in [0.15, 0.2) is 52.1 Å². The molecule has 0 atom stereocenters. The quantitative estimate of drug-likeness (QED) is 0.654. The smallest absolute Gasteiger partial charge is 0.387 e. The van der Waals surface area contributed by atoms with Gasteiger partial charge in [-0.1, -0.05) is 23.7 Å². The molecule has 0 spiro atoms. The molecule has 3 aromatic rings. The highest BCUT2D eigenvalue weighted by Crippen LogP contribution is 2.29. The molecule has 146 valence electrons. The molecule has 1 heterocycles. The second-order valence-corrected chi connectivity index (χ2v) is 6.16. The molecule has 2 N–H and O–H groups in total. The molecule has 0 radical (unpaired) electrons. The first-order chi connectivity index (χ1) is 13.3. The molecule has 3 rings (SSSR count). The van der Waals surface area contributed by atoms with Gasteiger partial charge in [0.15, 0.2) is 0 Å². The van der Waals surface area contributed by atoms with Gasteiger partial charge < -0.3 is 10.1 Å². The van der Waals surface area contributed by atoms with Gasteiger partial charge in [0.05, 0.1) is 15.9 Å². The van der Waals surface area contributed by atoms with E-state index in [4.69, 9.17) is 11.6 Å². The Balaban J connectivity index is 1.72. The minimum absolute atomic E-state index is 0.0300. The van der Waals surface area contributed by atoms with E-state index in [1.54, 1.807) is 24.3 Å². The number of alkyl halides is 2. The number of carbonyl (C=O) groups excluding carboxylic acids is 1. The van der Waals surface area contributed by atoms with Gasteiger partial charge >= 0.3 is 12.3 Å². The molecule has 0 bridgehead atoms. The molecule has 0 saturated carbocycles. The summed E-state index contributed by atoms with van der Waals surface area (Å²) < 4.78 is 30.0. The Morgan fingerprint density at radius 1 is 1.21 bits per heavy atom. The Morgan fingerprint density at radius 2 is 1.96 bits per heavy atom. The summed E-state index contributed by atoms with van der Waals surface area (Å²) in [7, 11) is 0. The number of aromatic nitrogens is 2. The standard InChI is InChI=1S/C18H14ClF2N3O4/c19-12-9-10(5-6-14(12)28-17(20)21)22-15(25)7-8-24-13-4-2-1-3-11(13)16(26)23-18(24)27/h1-6,9,17H,7-8H2,(H,22,25)(H,23,26,27). The molecule has 2 aromatic carbocycles. The van der Waals surface area contributed by atoms with Crippen LogP contribution in [0.5, 0.6) is 5.75 Å². The normalized spacial score (nSPS) is 11.0. The number of H-pyrrole nitrogens is 1. The van der Waals surface area contributed by atoms with Gasteiger partial charge in [-0.25, -0.2) is 4.79 Å².